The molecule has 0 radical (unpaired) electrons. The molecule has 0 fully saturated rings. The van der Waals surface area contributed by atoms with Crippen molar-refractivity contribution in [3.05, 3.63) is 53.0 Å². The van der Waals surface area contributed by atoms with Gasteiger partial charge in [0, 0.05) is 48.5 Å². The summed E-state index contributed by atoms with van der Waals surface area (Å²) in [6.07, 6.45) is 3.04. The summed E-state index contributed by atoms with van der Waals surface area (Å²) >= 11 is 0. The van der Waals surface area contributed by atoms with Crippen LogP contribution < -0.4 is 10.6 Å². The molecule has 0 saturated carbocycles. The number of benzene rings is 1. The van der Waals surface area contributed by atoms with Gasteiger partial charge in [0.25, 0.3) is 0 Å². The Balaban J connectivity index is 0.00000261. The highest BCUT2D eigenvalue weighted by Crippen LogP contribution is 2.17. The van der Waals surface area contributed by atoms with Crippen molar-refractivity contribution in [3.8, 4) is 0 Å². The fraction of sp³-hybridized carbons (Fsp3) is 0.400. The number of nitrogens with one attached hydrogen (secondary N) is 3. The summed E-state index contributed by atoms with van der Waals surface area (Å²) in [7, 11) is 1.97. The van der Waals surface area contributed by atoms with Crippen LogP contribution in [0.25, 0.3) is 10.9 Å². The molecule has 0 unspecified atom stereocenters. The number of hydrogen-bond acceptors (Lipinski definition) is 2. The van der Waals surface area contributed by atoms with Crippen molar-refractivity contribution in [1.29, 1.82) is 0 Å². The molecular formula is C20H29IN6. The molecule has 1 aromatic carbocycles. The van der Waals surface area contributed by atoms with Crippen molar-refractivity contribution in [2.24, 2.45) is 12.0 Å². The van der Waals surface area contributed by atoms with Crippen LogP contribution in [0.5, 0.6) is 0 Å². The smallest absolute Gasteiger partial charge is 0.191 e. The minimum Gasteiger partial charge on any atom is -0.361 e. The summed E-state index contributed by atoms with van der Waals surface area (Å²) in [6, 6.07) is 8.40. The van der Waals surface area contributed by atoms with E-state index < -0.39 is 0 Å². The molecule has 0 saturated heterocycles. The van der Waals surface area contributed by atoms with E-state index in [1.807, 2.05) is 18.7 Å². The number of aryl methyl sites for hydroxylation is 2. The molecule has 2 heterocycles. The standard InChI is InChI=1S/C20H28N6.HI/c1-5-21-20(24-13-18-14(2)25-26(4)15(18)3)22-11-10-16-12-23-19-9-7-6-8-17(16)19;/h6-9,12,23H,5,10-11,13H2,1-4H3,(H2,21,22,24);1H. The first kappa shape index (κ1) is 21.3. The Kier molecular flexibility index (Phi) is 7.70. The van der Waals surface area contributed by atoms with Gasteiger partial charge >= 0.3 is 0 Å². The number of aromatic amines is 1. The Morgan fingerprint density at radius 2 is 2.00 bits per heavy atom. The summed E-state index contributed by atoms with van der Waals surface area (Å²) < 4.78 is 1.91. The molecule has 3 rings (SSSR count). The molecule has 0 aliphatic rings. The van der Waals surface area contributed by atoms with Gasteiger partial charge in [-0.3, -0.25) is 4.68 Å². The van der Waals surface area contributed by atoms with Gasteiger partial charge in [-0.1, -0.05) is 18.2 Å². The summed E-state index contributed by atoms with van der Waals surface area (Å²) in [5.41, 5.74) is 5.92. The normalized spacial score (nSPS) is 11.5. The lowest BCUT2D eigenvalue weighted by Crippen LogP contribution is -2.38. The Bertz CT molecular complexity index is 908. The van der Waals surface area contributed by atoms with E-state index >= 15 is 0 Å². The second kappa shape index (κ2) is 9.77. The van der Waals surface area contributed by atoms with Crippen molar-refractivity contribution in [2.45, 2.75) is 33.7 Å². The molecule has 0 spiro atoms. The monoisotopic (exact) mass is 480 g/mol. The van der Waals surface area contributed by atoms with Gasteiger partial charge in [0.05, 0.1) is 12.2 Å². The third kappa shape index (κ3) is 5.03. The molecule has 146 valence electrons. The van der Waals surface area contributed by atoms with Gasteiger partial charge in [-0.05, 0) is 38.8 Å². The summed E-state index contributed by atoms with van der Waals surface area (Å²) in [6.45, 7) is 8.51. The quantitative estimate of drug-likeness (QED) is 0.288. The fourth-order valence-electron chi connectivity index (χ4n) is 3.20. The van der Waals surface area contributed by atoms with Crippen LogP contribution in [-0.4, -0.2) is 33.8 Å². The lowest BCUT2D eigenvalue weighted by molar-refractivity contribution is 0.730. The van der Waals surface area contributed by atoms with E-state index in [1.54, 1.807) is 0 Å². The zero-order valence-corrected chi connectivity index (χ0v) is 18.8. The predicted molar refractivity (Wildman–Crippen MR) is 123 cm³/mol. The first-order chi connectivity index (χ1) is 12.6. The third-order valence-corrected chi connectivity index (χ3v) is 4.76. The molecular weight excluding hydrogens is 451 g/mol. The Hall–Kier alpha value is -2.03. The van der Waals surface area contributed by atoms with E-state index in [1.165, 1.54) is 27.7 Å². The number of nitrogens with zero attached hydrogens (tertiary/aromatic N) is 3. The molecule has 0 bridgehead atoms. The molecule has 0 atom stereocenters. The van der Waals surface area contributed by atoms with E-state index in [-0.39, 0.29) is 24.0 Å². The number of guanidine groups is 1. The maximum atomic E-state index is 4.73. The van der Waals surface area contributed by atoms with Gasteiger partial charge in [-0.2, -0.15) is 5.10 Å². The number of para-hydroxylation sites is 1. The van der Waals surface area contributed by atoms with E-state index in [0.717, 1.165) is 31.2 Å². The molecule has 7 heteroatoms. The summed E-state index contributed by atoms with van der Waals surface area (Å²) in [5.74, 6) is 0.843. The van der Waals surface area contributed by atoms with Crippen LogP contribution in [0.15, 0.2) is 35.5 Å². The van der Waals surface area contributed by atoms with E-state index in [9.17, 15) is 0 Å². The van der Waals surface area contributed by atoms with Crippen molar-refractivity contribution < 1.29 is 0 Å². The predicted octanol–water partition coefficient (Wildman–Crippen LogP) is 3.43. The average Bonchev–Trinajstić information content (AvgIpc) is 3.14. The molecule has 0 amide bonds. The number of hydrogen-bond donors (Lipinski definition) is 3. The second-order valence-corrected chi connectivity index (χ2v) is 6.50. The maximum Gasteiger partial charge on any atom is 0.191 e. The van der Waals surface area contributed by atoms with Crippen LogP contribution in [0.4, 0.5) is 0 Å². The summed E-state index contributed by atoms with van der Waals surface area (Å²) in [4.78, 5) is 8.06. The topological polar surface area (TPSA) is 70.0 Å². The van der Waals surface area contributed by atoms with Crippen LogP contribution >= 0.6 is 24.0 Å². The fourth-order valence-corrected chi connectivity index (χ4v) is 3.20. The van der Waals surface area contributed by atoms with E-state index in [2.05, 4.69) is 65.0 Å². The Morgan fingerprint density at radius 1 is 1.22 bits per heavy atom. The molecule has 2 aromatic heterocycles. The van der Waals surface area contributed by atoms with Gasteiger partial charge in [0.2, 0.25) is 0 Å². The molecule has 3 N–H and O–H groups in total. The average molecular weight is 480 g/mol. The number of fused-ring (bicyclic) bond motifs is 1. The van der Waals surface area contributed by atoms with Crippen LogP contribution in [0.1, 0.15) is 29.4 Å². The van der Waals surface area contributed by atoms with Crippen molar-refractivity contribution in [3.63, 3.8) is 0 Å². The first-order valence-corrected chi connectivity index (χ1v) is 9.16. The van der Waals surface area contributed by atoms with Crippen LogP contribution in [0.2, 0.25) is 0 Å². The molecule has 3 aromatic rings. The molecule has 6 nitrogen and oxygen atoms in total. The van der Waals surface area contributed by atoms with Gasteiger partial charge < -0.3 is 15.6 Å². The second-order valence-electron chi connectivity index (χ2n) is 6.50. The number of rotatable bonds is 6. The lowest BCUT2D eigenvalue weighted by Gasteiger charge is -2.11. The van der Waals surface area contributed by atoms with Crippen LogP contribution in [0, 0.1) is 13.8 Å². The SMILES string of the molecule is CCNC(=NCc1c(C)nn(C)c1C)NCCc1c[nH]c2ccccc12.I. The van der Waals surface area contributed by atoms with Crippen molar-refractivity contribution in [2.75, 3.05) is 13.1 Å². The van der Waals surface area contributed by atoms with Gasteiger partial charge in [-0.25, -0.2) is 4.99 Å². The van der Waals surface area contributed by atoms with Crippen LogP contribution in [0.3, 0.4) is 0 Å². The van der Waals surface area contributed by atoms with E-state index in [4.69, 9.17) is 4.99 Å². The number of halogens is 1. The maximum absolute atomic E-state index is 4.73. The molecule has 0 aliphatic heterocycles. The highest BCUT2D eigenvalue weighted by Gasteiger charge is 2.09. The minimum atomic E-state index is 0. The zero-order chi connectivity index (χ0) is 18.5. The number of aromatic nitrogens is 3. The third-order valence-electron chi connectivity index (χ3n) is 4.76. The lowest BCUT2D eigenvalue weighted by atomic mass is 10.1. The van der Waals surface area contributed by atoms with Gasteiger partial charge in [0.15, 0.2) is 5.96 Å². The number of aliphatic imine (C=N–C) groups is 1. The Labute approximate surface area is 177 Å². The number of H-pyrrole nitrogens is 1. The highest BCUT2D eigenvalue weighted by atomic mass is 127. The highest BCUT2D eigenvalue weighted by molar-refractivity contribution is 14.0. The largest absolute Gasteiger partial charge is 0.361 e. The Morgan fingerprint density at radius 3 is 2.70 bits per heavy atom. The minimum absolute atomic E-state index is 0. The summed E-state index contributed by atoms with van der Waals surface area (Å²) in [5, 5.41) is 12.5. The van der Waals surface area contributed by atoms with Gasteiger partial charge in [-0.15, -0.1) is 24.0 Å². The molecule has 27 heavy (non-hydrogen) atoms. The van der Waals surface area contributed by atoms with Crippen molar-refractivity contribution in [1.82, 2.24) is 25.4 Å². The molecule has 0 aliphatic carbocycles. The van der Waals surface area contributed by atoms with Crippen molar-refractivity contribution >= 4 is 40.8 Å². The van der Waals surface area contributed by atoms with Crippen LogP contribution in [-0.2, 0) is 20.0 Å². The van der Waals surface area contributed by atoms with E-state index in [0.29, 0.717) is 6.54 Å². The first-order valence-electron chi connectivity index (χ1n) is 9.16. The zero-order valence-electron chi connectivity index (χ0n) is 16.5. The van der Waals surface area contributed by atoms with Gasteiger partial charge in [0.1, 0.15) is 0 Å².